The van der Waals surface area contributed by atoms with Crippen molar-refractivity contribution in [3.05, 3.63) is 0 Å². The van der Waals surface area contributed by atoms with E-state index in [9.17, 15) is 19.2 Å². The second kappa shape index (κ2) is 12.3. The third kappa shape index (κ3) is 9.70. The highest BCUT2D eigenvalue weighted by atomic mass is 16.6. The number of likely N-dealkylation sites (tertiary alicyclic amines) is 1. The van der Waals surface area contributed by atoms with E-state index < -0.39 is 41.3 Å². The predicted octanol–water partition coefficient (Wildman–Crippen LogP) is 3.09. The Bertz CT molecular complexity index is 681. The minimum Gasteiger partial charge on any atom is -0.458 e. The molecule has 0 saturated carbocycles. The summed E-state index contributed by atoms with van der Waals surface area (Å²) in [5.74, 6) is -1.31. The monoisotopic (exact) mass is 470 g/mol. The Kier molecular flexibility index (Phi) is 10.8. The van der Waals surface area contributed by atoms with Gasteiger partial charge in [0.15, 0.2) is 0 Å². The molecule has 9 nitrogen and oxygen atoms in total. The van der Waals surface area contributed by atoms with Crippen LogP contribution in [0.25, 0.3) is 0 Å². The molecule has 1 N–H and O–H groups in total. The van der Waals surface area contributed by atoms with Gasteiger partial charge in [-0.05, 0) is 66.7 Å². The number of esters is 1. The zero-order chi connectivity index (χ0) is 25.4. The van der Waals surface area contributed by atoms with Crippen LogP contribution in [0.3, 0.4) is 0 Å². The van der Waals surface area contributed by atoms with Crippen molar-refractivity contribution < 1.29 is 33.4 Å². The van der Waals surface area contributed by atoms with E-state index in [2.05, 4.69) is 5.32 Å². The highest BCUT2D eigenvalue weighted by Gasteiger charge is 2.50. The fourth-order valence-electron chi connectivity index (χ4n) is 4.05. The molecule has 2 amide bonds. The summed E-state index contributed by atoms with van der Waals surface area (Å²) in [4.78, 5) is 51.4. The lowest BCUT2D eigenvalue weighted by atomic mass is 9.89. The van der Waals surface area contributed by atoms with Gasteiger partial charge in [0.1, 0.15) is 30.1 Å². The van der Waals surface area contributed by atoms with E-state index in [1.54, 1.807) is 41.5 Å². The molecule has 9 heteroatoms. The second-order valence-corrected chi connectivity index (χ2v) is 10.7. The van der Waals surface area contributed by atoms with Gasteiger partial charge in [-0.3, -0.25) is 9.69 Å². The Labute approximate surface area is 197 Å². The molecule has 0 aliphatic carbocycles. The highest BCUT2D eigenvalue weighted by molar-refractivity contribution is 5.84. The zero-order valence-corrected chi connectivity index (χ0v) is 21.4. The molecule has 1 unspecified atom stereocenters. The number of aldehydes is 1. The molecule has 1 aliphatic heterocycles. The molecule has 1 aliphatic rings. The van der Waals surface area contributed by atoms with E-state index >= 15 is 0 Å². The lowest BCUT2D eigenvalue weighted by Crippen LogP contribution is -2.50. The first-order valence-electron chi connectivity index (χ1n) is 11.7. The van der Waals surface area contributed by atoms with Crippen LogP contribution in [0.2, 0.25) is 0 Å². The summed E-state index contributed by atoms with van der Waals surface area (Å²) in [7, 11) is 1.45. The van der Waals surface area contributed by atoms with Crippen LogP contribution in [0.5, 0.6) is 0 Å². The van der Waals surface area contributed by atoms with E-state index in [-0.39, 0.29) is 24.9 Å². The van der Waals surface area contributed by atoms with Gasteiger partial charge in [-0.25, -0.2) is 9.59 Å². The molecule has 0 spiro atoms. The largest absolute Gasteiger partial charge is 0.458 e. The van der Waals surface area contributed by atoms with Crippen molar-refractivity contribution in [1.29, 1.82) is 0 Å². The van der Waals surface area contributed by atoms with Crippen molar-refractivity contribution in [1.82, 2.24) is 10.2 Å². The Balaban J connectivity index is 3.20. The summed E-state index contributed by atoms with van der Waals surface area (Å²) < 4.78 is 16.0. The van der Waals surface area contributed by atoms with Gasteiger partial charge < -0.3 is 24.3 Å². The number of nitrogens with zero attached hydrogens (tertiary/aromatic N) is 1. The number of amides is 2. The summed E-state index contributed by atoms with van der Waals surface area (Å²) in [6.07, 6.45) is 2.44. The lowest BCUT2D eigenvalue weighted by Gasteiger charge is -2.34. The molecule has 33 heavy (non-hydrogen) atoms. The molecule has 1 heterocycles. The number of methoxy groups -OCH3 is 1. The first-order valence-corrected chi connectivity index (χ1v) is 11.7. The number of rotatable bonds is 10. The molecule has 1 fully saturated rings. The quantitative estimate of drug-likeness (QED) is 0.386. The van der Waals surface area contributed by atoms with E-state index in [0.717, 1.165) is 19.1 Å². The van der Waals surface area contributed by atoms with Gasteiger partial charge in [0, 0.05) is 25.6 Å². The average Bonchev–Trinajstić information content (AvgIpc) is 3.02. The normalized spacial score (nSPS) is 21.9. The number of ether oxygens (including phenoxy) is 3. The minimum atomic E-state index is -0.912. The topological polar surface area (TPSA) is 111 Å². The van der Waals surface area contributed by atoms with Crippen LogP contribution >= 0.6 is 0 Å². The van der Waals surface area contributed by atoms with Crippen LogP contribution in [-0.4, -0.2) is 72.7 Å². The third-order valence-corrected chi connectivity index (χ3v) is 5.28. The fourth-order valence-corrected chi connectivity index (χ4v) is 4.05. The number of carbonyl (C=O) groups excluding carboxylic acids is 4. The number of carbonyl (C=O) groups is 4. The molecule has 0 aromatic heterocycles. The number of nitrogens with one attached hydrogen (secondary N) is 1. The van der Waals surface area contributed by atoms with E-state index in [1.807, 2.05) is 6.92 Å². The Morgan fingerprint density at radius 3 is 2.18 bits per heavy atom. The maximum Gasteiger partial charge on any atom is 0.411 e. The summed E-state index contributed by atoms with van der Waals surface area (Å²) >= 11 is 0. The van der Waals surface area contributed by atoms with Crippen LogP contribution in [0.1, 0.15) is 74.1 Å². The fraction of sp³-hybridized carbons (Fsp3) is 0.833. The maximum atomic E-state index is 13.2. The van der Waals surface area contributed by atoms with E-state index in [0.29, 0.717) is 13.0 Å². The van der Waals surface area contributed by atoms with Gasteiger partial charge in [-0.15, -0.1) is 0 Å². The summed E-state index contributed by atoms with van der Waals surface area (Å²) in [6.45, 7) is 12.9. The van der Waals surface area contributed by atoms with Gasteiger partial charge in [0.2, 0.25) is 5.91 Å². The molecule has 0 aromatic carbocycles. The summed E-state index contributed by atoms with van der Waals surface area (Å²) in [5, 5.41) is 2.84. The number of hydrogen-bond donors (Lipinski definition) is 1. The molecule has 4 atom stereocenters. The van der Waals surface area contributed by atoms with Gasteiger partial charge in [-0.1, -0.05) is 13.3 Å². The first-order chi connectivity index (χ1) is 15.2. The maximum absolute atomic E-state index is 13.2. The molecule has 190 valence electrons. The molecular formula is C24H42N2O7. The SMILES string of the molecule is CCCC(CNC(=O)COC)C[C@@H]1[C@H](C=O)C[C@H](C(=O)OC(C)(C)C)N1C(=O)OC(C)(C)C. The molecule has 0 aromatic rings. The van der Waals surface area contributed by atoms with E-state index in [1.165, 1.54) is 12.0 Å². The van der Waals surface area contributed by atoms with Crippen molar-refractivity contribution >= 4 is 24.3 Å². The van der Waals surface area contributed by atoms with Crippen LogP contribution in [0, 0.1) is 11.8 Å². The van der Waals surface area contributed by atoms with Crippen molar-refractivity contribution in [2.45, 2.75) is 97.4 Å². The molecule has 0 radical (unpaired) electrons. The van der Waals surface area contributed by atoms with Gasteiger partial charge >= 0.3 is 12.1 Å². The van der Waals surface area contributed by atoms with Crippen molar-refractivity contribution in [2.75, 3.05) is 20.3 Å². The Morgan fingerprint density at radius 2 is 1.70 bits per heavy atom. The first kappa shape index (κ1) is 28.9. The third-order valence-electron chi connectivity index (χ3n) is 5.28. The summed E-state index contributed by atoms with van der Waals surface area (Å²) in [6, 6.07) is -1.45. The van der Waals surface area contributed by atoms with Gasteiger partial charge in [0.05, 0.1) is 0 Å². The average molecular weight is 471 g/mol. The van der Waals surface area contributed by atoms with Gasteiger partial charge in [-0.2, -0.15) is 0 Å². The van der Waals surface area contributed by atoms with Crippen molar-refractivity contribution in [3.8, 4) is 0 Å². The standard InChI is InChI=1S/C24H42N2O7/c1-9-10-16(13-25-20(28)15-31-8)11-18-17(14-27)12-19(21(29)32-23(2,3)4)26(18)22(30)33-24(5,6)7/h14,16-19H,9-13,15H2,1-8H3,(H,25,28)/t16?,17-,18+,19+/m0/s1. The minimum absolute atomic E-state index is 0.00517. The Morgan fingerprint density at radius 1 is 1.09 bits per heavy atom. The van der Waals surface area contributed by atoms with Crippen LogP contribution in [0.4, 0.5) is 4.79 Å². The smallest absolute Gasteiger partial charge is 0.411 e. The lowest BCUT2D eigenvalue weighted by molar-refractivity contribution is -0.160. The highest BCUT2D eigenvalue weighted by Crippen LogP contribution is 2.36. The van der Waals surface area contributed by atoms with Crippen molar-refractivity contribution in [3.63, 3.8) is 0 Å². The van der Waals surface area contributed by atoms with Crippen LogP contribution < -0.4 is 5.32 Å². The van der Waals surface area contributed by atoms with Crippen LogP contribution in [-0.2, 0) is 28.6 Å². The van der Waals surface area contributed by atoms with Gasteiger partial charge in [0.25, 0.3) is 0 Å². The Hall–Kier alpha value is -2.16. The van der Waals surface area contributed by atoms with Crippen LogP contribution in [0.15, 0.2) is 0 Å². The van der Waals surface area contributed by atoms with Crippen molar-refractivity contribution in [2.24, 2.45) is 11.8 Å². The molecule has 1 rings (SSSR count). The molecule has 1 saturated heterocycles. The zero-order valence-electron chi connectivity index (χ0n) is 21.4. The molecule has 0 bridgehead atoms. The summed E-state index contributed by atoms with van der Waals surface area (Å²) in [5.41, 5.74) is -1.50. The second-order valence-electron chi connectivity index (χ2n) is 10.7. The number of hydrogen-bond acceptors (Lipinski definition) is 7. The molecular weight excluding hydrogens is 428 g/mol. The van der Waals surface area contributed by atoms with E-state index in [4.69, 9.17) is 14.2 Å². The predicted molar refractivity (Wildman–Crippen MR) is 124 cm³/mol.